The van der Waals surface area contributed by atoms with Crippen LogP contribution in [0.4, 0.5) is 0 Å². The van der Waals surface area contributed by atoms with Crippen molar-refractivity contribution in [3.63, 3.8) is 0 Å². The molecule has 1 saturated heterocycles. The Balaban J connectivity index is 1.38. The molecule has 2 aliphatic heterocycles. The van der Waals surface area contributed by atoms with Crippen molar-refractivity contribution in [2.24, 2.45) is 28.8 Å². The van der Waals surface area contributed by atoms with Crippen LogP contribution in [0.2, 0.25) is 0 Å². The molecule has 1 amide bonds. The van der Waals surface area contributed by atoms with Crippen molar-refractivity contribution < 1.29 is 43.9 Å². The number of unbranched alkanes of at least 4 members (excludes halogenated alkanes) is 2. The first-order valence-corrected chi connectivity index (χ1v) is 23.6. The molecule has 12 nitrogen and oxygen atoms in total. The summed E-state index contributed by atoms with van der Waals surface area (Å²) in [4.78, 5) is 25.5. The zero-order valence-electron chi connectivity index (χ0n) is 36.8. The number of allylic oxidation sites excluding steroid dienone is 1. The highest BCUT2D eigenvalue weighted by atomic mass is 16.7. The van der Waals surface area contributed by atoms with E-state index in [0.29, 0.717) is 44.0 Å². The van der Waals surface area contributed by atoms with Gasteiger partial charge in [0.05, 0.1) is 38.1 Å². The first kappa shape index (κ1) is 46.2. The van der Waals surface area contributed by atoms with Crippen LogP contribution in [0, 0.1) is 23.7 Å². The van der Waals surface area contributed by atoms with Crippen LogP contribution < -0.4 is 9.47 Å². The van der Waals surface area contributed by atoms with E-state index < -0.39 is 17.7 Å². The van der Waals surface area contributed by atoms with Crippen molar-refractivity contribution >= 4 is 11.6 Å². The summed E-state index contributed by atoms with van der Waals surface area (Å²) in [6.45, 7) is 9.06. The molecular weight excluding hydrogens is 787 g/mol. The van der Waals surface area contributed by atoms with Crippen LogP contribution in [-0.4, -0.2) is 121 Å². The number of carbonyl (C=O) groups is 1. The summed E-state index contributed by atoms with van der Waals surface area (Å²) in [5, 5.41) is 34.6. The molecule has 2 heterocycles. The molecule has 12 heteroatoms. The number of hydrogen-bond donors (Lipinski definition) is 3. The van der Waals surface area contributed by atoms with Crippen molar-refractivity contribution in [1.29, 1.82) is 0 Å². The van der Waals surface area contributed by atoms with Crippen LogP contribution >= 0.6 is 0 Å². The third-order valence-electron chi connectivity index (χ3n) is 13.8. The Morgan fingerprint density at radius 1 is 0.952 bits per heavy atom. The minimum Gasteiger partial charge on any atom is -0.492 e. The first-order valence-electron chi connectivity index (χ1n) is 23.6. The number of nitrogens with zero attached hydrogens (tertiary/aromatic N) is 3. The predicted molar refractivity (Wildman–Crippen MR) is 239 cm³/mol. The monoisotopic (exact) mass is 858 g/mol. The first-order chi connectivity index (χ1) is 30.5. The number of benzene rings is 2. The van der Waals surface area contributed by atoms with E-state index in [1.165, 1.54) is 12.8 Å². The van der Waals surface area contributed by atoms with Gasteiger partial charge in [0.1, 0.15) is 30.8 Å². The predicted octanol–water partition coefficient (Wildman–Crippen LogP) is 7.02. The second kappa shape index (κ2) is 23.2. The molecule has 0 bridgehead atoms. The third kappa shape index (κ3) is 11.5. The van der Waals surface area contributed by atoms with Gasteiger partial charge < -0.3 is 44.0 Å². The Kier molecular flexibility index (Phi) is 17.3. The van der Waals surface area contributed by atoms with E-state index in [1.807, 2.05) is 47.4 Å². The van der Waals surface area contributed by atoms with Gasteiger partial charge in [-0.2, -0.15) is 0 Å². The number of fused-ring (bicyclic) bond motifs is 2. The summed E-state index contributed by atoms with van der Waals surface area (Å²) in [7, 11) is 0. The lowest BCUT2D eigenvalue weighted by atomic mass is 9.55. The second-order valence-corrected chi connectivity index (χ2v) is 17.8. The number of hydrogen-bond acceptors (Lipinski definition) is 11. The maximum absolute atomic E-state index is 14.9. The van der Waals surface area contributed by atoms with Gasteiger partial charge in [-0.3, -0.25) is 9.69 Å². The average Bonchev–Trinajstić information content (AvgIpc) is 3.97. The summed E-state index contributed by atoms with van der Waals surface area (Å²) < 4.78 is 26.9. The Hall–Kier alpha value is -3.78. The zero-order valence-corrected chi connectivity index (χ0v) is 36.8. The van der Waals surface area contributed by atoms with Crippen LogP contribution in [0.5, 0.6) is 11.5 Å². The molecule has 5 aliphatic rings. The van der Waals surface area contributed by atoms with Gasteiger partial charge in [0, 0.05) is 63.7 Å². The molecule has 3 aliphatic carbocycles. The van der Waals surface area contributed by atoms with Crippen LogP contribution in [0.15, 0.2) is 78.0 Å². The fourth-order valence-electron chi connectivity index (χ4n) is 10.6. The Morgan fingerprint density at radius 2 is 1.74 bits per heavy atom. The Labute approximate surface area is 368 Å². The molecule has 6 atom stereocenters. The minimum atomic E-state index is -1.34. The largest absolute Gasteiger partial charge is 0.492 e. The summed E-state index contributed by atoms with van der Waals surface area (Å²) in [6.07, 6.45) is 15.2. The SMILES string of the molecule is C=CCOC12Oc3ccc(OCCN4CC4)cc3C3C(CCCCO)C(CCCCO)C=C(C(=NOCc4ccccc4)CC1N(CCOCCO)C(=O)CCC1CCCC1)C32. The van der Waals surface area contributed by atoms with Crippen LogP contribution in [-0.2, 0) is 25.7 Å². The van der Waals surface area contributed by atoms with Crippen molar-refractivity contribution in [2.45, 2.75) is 108 Å². The molecule has 2 aromatic carbocycles. The molecule has 0 spiro atoms. The van der Waals surface area contributed by atoms with E-state index in [0.717, 1.165) is 92.7 Å². The lowest BCUT2D eigenvalue weighted by molar-refractivity contribution is -0.258. The van der Waals surface area contributed by atoms with Gasteiger partial charge in [-0.15, -0.1) is 6.58 Å². The fourth-order valence-corrected chi connectivity index (χ4v) is 10.6. The molecule has 3 fully saturated rings. The quantitative estimate of drug-likeness (QED) is 0.0372. The maximum atomic E-state index is 14.9. The maximum Gasteiger partial charge on any atom is 0.239 e. The molecule has 6 unspecified atom stereocenters. The van der Waals surface area contributed by atoms with Gasteiger partial charge in [0.15, 0.2) is 0 Å². The molecule has 62 heavy (non-hydrogen) atoms. The molecule has 7 rings (SSSR count). The van der Waals surface area contributed by atoms with E-state index in [1.54, 1.807) is 6.08 Å². The molecule has 2 saturated carbocycles. The summed E-state index contributed by atoms with van der Waals surface area (Å²) in [5.41, 5.74) is 3.81. The Bertz CT molecular complexity index is 1780. The molecular formula is C50H71N3O9. The lowest BCUT2D eigenvalue weighted by Crippen LogP contribution is -2.70. The van der Waals surface area contributed by atoms with Gasteiger partial charge in [-0.05, 0) is 79.2 Å². The standard InChI is InChI=1S/C50H71N3O9/c1-2-29-60-50-46(53(25-30-58-32-28-56)47(57)21-18-37-12-6-7-13-37)35-44(51-61-36-38-14-4-3-5-15-38)42-33-39(16-8-10-26-54)41(17-9-11-27-55)48(49(42)50)43-34-40(19-20-45(43)62-50)59-31-24-52-22-23-52/h2-5,14-15,19-20,33-34,37,39,41,46,48-49,54-56H,1,6-13,16-18,21-32,35-36H2. The van der Waals surface area contributed by atoms with Gasteiger partial charge >= 0.3 is 0 Å². The molecule has 2 aromatic rings. The number of carbonyl (C=O) groups excluding carboxylic acids is 1. The number of aliphatic hydroxyl groups excluding tert-OH is 3. The topological polar surface area (TPSA) is 143 Å². The van der Waals surface area contributed by atoms with Crippen molar-refractivity contribution in [1.82, 2.24) is 9.80 Å². The minimum absolute atomic E-state index is 0.0198. The number of aliphatic hydroxyl groups is 3. The van der Waals surface area contributed by atoms with E-state index in [9.17, 15) is 20.1 Å². The molecule has 0 aromatic heterocycles. The zero-order chi connectivity index (χ0) is 43.2. The van der Waals surface area contributed by atoms with E-state index in [-0.39, 0.29) is 76.5 Å². The van der Waals surface area contributed by atoms with Gasteiger partial charge in [0.25, 0.3) is 0 Å². The van der Waals surface area contributed by atoms with Gasteiger partial charge in [-0.25, -0.2) is 0 Å². The molecule has 340 valence electrons. The number of oxime groups is 1. The van der Waals surface area contributed by atoms with Crippen LogP contribution in [0.1, 0.15) is 101 Å². The molecule has 3 N–H and O–H groups in total. The molecule has 0 radical (unpaired) electrons. The van der Waals surface area contributed by atoms with E-state index >= 15 is 0 Å². The number of rotatable bonds is 27. The lowest BCUT2D eigenvalue weighted by Gasteiger charge is -2.60. The summed E-state index contributed by atoms with van der Waals surface area (Å²) in [5.74, 6) is 0.388. The second-order valence-electron chi connectivity index (χ2n) is 17.8. The van der Waals surface area contributed by atoms with Crippen molar-refractivity contribution in [3.05, 3.63) is 84.0 Å². The van der Waals surface area contributed by atoms with Crippen LogP contribution in [0.3, 0.4) is 0 Å². The van der Waals surface area contributed by atoms with Crippen molar-refractivity contribution in [2.75, 3.05) is 72.4 Å². The smallest absolute Gasteiger partial charge is 0.239 e. The van der Waals surface area contributed by atoms with Crippen molar-refractivity contribution in [3.8, 4) is 11.5 Å². The van der Waals surface area contributed by atoms with Gasteiger partial charge in [0.2, 0.25) is 11.7 Å². The van der Waals surface area contributed by atoms with Gasteiger partial charge in [-0.1, -0.05) is 86.2 Å². The van der Waals surface area contributed by atoms with Crippen LogP contribution in [0.25, 0.3) is 0 Å². The van der Waals surface area contributed by atoms with E-state index in [2.05, 4.69) is 23.6 Å². The number of ether oxygens (including phenoxy) is 4. The summed E-state index contributed by atoms with van der Waals surface area (Å²) in [6, 6.07) is 15.5. The number of amides is 1. The van der Waals surface area contributed by atoms with E-state index in [4.69, 9.17) is 28.9 Å². The fraction of sp³-hybridized carbons (Fsp3) is 0.640. The summed E-state index contributed by atoms with van der Waals surface area (Å²) >= 11 is 0. The highest BCUT2D eigenvalue weighted by molar-refractivity contribution is 6.03. The average molecular weight is 858 g/mol. The highest BCUT2D eigenvalue weighted by Gasteiger charge is 2.65. The highest BCUT2D eigenvalue weighted by Crippen LogP contribution is 2.62. The normalized spacial score (nSPS) is 26.0. The third-order valence-corrected chi connectivity index (χ3v) is 13.8. The Morgan fingerprint density at radius 3 is 2.48 bits per heavy atom.